The van der Waals surface area contributed by atoms with Gasteiger partial charge in [0, 0.05) is 23.2 Å². The first-order valence-corrected chi connectivity index (χ1v) is 5.44. The second-order valence-corrected chi connectivity index (χ2v) is 3.89. The number of para-hydroxylation sites is 1. The Balaban J connectivity index is 2.08. The molecule has 0 aliphatic heterocycles. The molecule has 0 unspecified atom stereocenters. The molecule has 0 saturated carbocycles. The highest BCUT2D eigenvalue weighted by Crippen LogP contribution is 2.22. The van der Waals surface area contributed by atoms with E-state index in [-0.39, 0.29) is 5.75 Å². The second-order valence-electron chi connectivity index (χ2n) is 3.11. The zero-order valence-corrected chi connectivity index (χ0v) is 8.72. The number of rotatable bonds is 3. The summed E-state index contributed by atoms with van der Waals surface area (Å²) in [5.41, 5.74) is 1.53. The molecule has 0 aliphatic carbocycles. The molecule has 2 N–H and O–H groups in total. The molecule has 1 aromatic carbocycles. The van der Waals surface area contributed by atoms with Crippen LogP contribution < -0.4 is 5.32 Å². The summed E-state index contributed by atoms with van der Waals surface area (Å²) >= 11 is 1.58. The van der Waals surface area contributed by atoms with Gasteiger partial charge in [-0.2, -0.15) is 11.3 Å². The van der Waals surface area contributed by atoms with Gasteiger partial charge in [0.2, 0.25) is 0 Å². The fraction of sp³-hybridized carbons (Fsp3) is 0.0909. The molecule has 15 heavy (non-hydrogen) atoms. The van der Waals surface area contributed by atoms with Crippen molar-refractivity contribution in [2.45, 2.75) is 6.54 Å². The van der Waals surface area contributed by atoms with E-state index in [2.05, 4.69) is 5.32 Å². The highest BCUT2D eigenvalue weighted by atomic mass is 32.1. The molecule has 78 valence electrons. The summed E-state index contributed by atoms with van der Waals surface area (Å²) in [4.78, 5) is 0. The molecular weight excluding hydrogens is 213 g/mol. The Hall–Kier alpha value is -1.55. The lowest BCUT2D eigenvalue weighted by Crippen LogP contribution is -1.99. The first kappa shape index (κ1) is 9.98. The van der Waals surface area contributed by atoms with Crippen LogP contribution in [0.3, 0.4) is 0 Å². The van der Waals surface area contributed by atoms with E-state index >= 15 is 0 Å². The predicted octanol–water partition coefficient (Wildman–Crippen LogP) is 3.20. The normalized spacial score (nSPS) is 10.2. The molecule has 0 radical (unpaired) electrons. The maximum absolute atomic E-state index is 13.0. The van der Waals surface area contributed by atoms with E-state index in [4.69, 9.17) is 0 Å². The smallest absolute Gasteiger partial charge is 0.165 e. The minimum atomic E-state index is -0.584. The maximum atomic E-state index is 13.0. The van der Waals surface area contributed by atoms with Gasteiger partial charge in [-0.25, -0.2) is 4.39 Å². The Morgan fingerprint density at radius 1 is 1.33 bits per heavy atom. The Bertz CT molecular complexity index is 442. The molecule has 2 nitrogen and oxygen atoms in total. The minimum Gasteiger partial charge on any atom is -0.505 e. The van der Waals surface area contributed by atoms with Crippen molar-refractivity contribution in [2.24, 2.45) is 0 Å². The third-order valence-electron chi connectivity index (χ3n) is 2.07. The average Bonchev–Trinajstić information content (AvgIpc) is 2.73. The van der Waals surface area contributed by atoms with Gasteiger partial charge in [-0.05, 0) is 17.5 Å². The van der Waals surface area contributed by atoms with Crippen molar-refractivity contribution in [1.82, 2.24) is 0 Å². The average molecular weight is 223 g/mol. The van der Waals surface area contributed by atoms with Crippen LogP contribution in [0.25, 0.3) is 0 Å². The number of nitrogens with one attached hydrogen (secondary N) is 1. The van der Waals surface area contributed by atoms with Crippen molar-refractivity contribution >= 4 is 17.0 Å². The molecule has 0 bridgehead atoms. The number of phenolic OH excluding ortho intramolecular Hbond substituents is 1. The lowest BCUT2D eigenvalue weighted by molar-refractivity contribution is 0.427. The monoisotopic (exact) mass is 223 g/mol. The Morgan fingerprint density at radius 2 is 2.20 bits per heavy atom. The van der Waals surface area contributed by atoms with Gasteiger partial charge in [0.25, 0.3) is 0 Å². The fourth-order valence-electron chi connectivity index (χ4n) is 1.26. The molecule has 1 aromatic heterocycles. The number of phenols is 1. The van der Waals surface area contributed by atoms with E-state index < -0.39 is 5.82 Å². The fourth-order valence-corrected chi connectivity index (χ4v) is 1.88. The number of hydrogen-bond acceptors (Lipinski definition) is 3. The van der Waals surface area contributed by atoms with Crippen molar-refractivity contribution in [3.8, 4) is 5.75 Å². The van der Waals surface area contributed by atoms with E-state index in [0.717, 1.165) is 5.69 Å². The van der Waals surface area contributed by atoms with Crippen LogP contribution in [0.15, 0.2) is 35.0 Å². The number of halogens is 1. The number of anilines is 1. The highest BCUT2D eigenvalue weighted by Gasteiger charge is 2.05. The lowest BCUT2D eigenvalue weighted by Gasteiger charge is -2.06. The van der Waals surface area contributed by atoms with E-state index in [1.54, 1.807) is 23.5 Å². The topological polar surface area (TPSA) is 32.3 Å². The number of hydrogen-bond donors (Lipinski definition) is 2. The van der Waals surface area contributed by atoms with Gasteiger partial charge in [-0.15, -0.1) is 0 Å². The predicted molar refractivity (Wildman–Crippen MR) is 59.7 cm³/mol. The molecule has 2 rings (SSSR count). The zero-order valence-electron chi connectivity index (χ0n) is 7.90. The standard InChI is InChI=1S/C11H10FNOS/c12-10-3-1-2-8(11(10)14)6-13-9-4-5-15-7-9/h1-5,7,13-14H,6H2. The van der Waals surface area contributed by atoms with Crippen molar-refractivity contribution in [1.29, 1.82) is 0 Å². The van der Waals surface area contributed by atoms with Crippen molar-refractivity contribution in [2.75, 3.05) is 5.32 Å². The second kappa shape index (κ2) is 4.31. The number of thiophene rings is 1. The summed E-state index contributed by atoms with van der Waals surface area (Å²) in [7, 11) is 0. The van der Waals surface area contributed by atoms with Crippen LogP contribution >= 0.6 is 11.3 Å². The lowest BCUT2D eigenvalue weighted by atomic mass is 10.2. The molecule has 0 spiro atoms. The van der Waals surface area contributed by atoms with E-state index in [9.17, 15) is 9.50 Å². The van der Waals surface area contributed by atoms with Gasteiger partial charge in [0.15, 0.2) is 11.6 Å². The van der Waals surface area contributed by atoms with Crippen LogP contribution in [0.4, 0.5) is 10.1 Å². The number of aromatic hydroxyl groups is 1. The summed E-state index contributed by atoms with van der Waals surface area (Å²) in [5.74, 6) is -0.861. The Labute approximate surface area is 91.0 Å². The van der Waals surface area contributed by atoms with Gasteiger partial charge >= 0.3 is 0 Å². The van der Waals surface area contributed by atoms with Crippen LogP contribution in [-0.2, 0) is 6.54 Å². The zero-order chi connectivity index (χ0) is 10.7. The highest BCUT2D eigenvalue weighted by molar-refractivity contribution is 7.08. The summed E-state index contributed by atoms with van der Waals surface area (Å²) in [6, 6.07) is 6.45. The molecule has 2 aromatic rings. The van der Waals surface area contributed by atoms with Crippen LogP contribution in [0.2, 0.25) is 0 Å². The van der Waals surface area contributed by atoms with E-state index in [0.29, 0.717) is 12.1 Å². The van der Waals surface area contributed by atoms with Crippen LogP contribution in [-0.4, -0.2) is 5.11 Å². The van der Waals surface area contributed by atoms with Crippen molar-refractivity contribution in [3.05, 3.63) is 46.4 Å². The maximum Gasteiger partial charge on any atom is 0.165 e. The third-order valence-corrected chi connectivity index (χ3v) is 2.76. The van der Waals surface area contributed by atoms with Gasteiger partial charge < -0.3 is 10.4 Å². The Kier molecular flexibility index (Phi) is 2.87. The summed E-state index contributed by atoms with van der Waals surface area (Å²) < 4.78 is 13.0. The summed E-state index contributed by atoms with van der Waals surface area (Å²) in [6.45, 7) is 0.417. The number of benzene rings is 1. The molecular formula is C11H10FNOS. The van der Waals surface area contributed by atoms with Gasteiger partial charge in [0.1, 0.15) is 0 Å². The van der Waals surface area contributed by atoms with Crippen molar-refractivity contribution in [3.63, 3.8) is 0 Å². The summed E-state index contributed by atoms with van der Waals surface area (Å²) in [5, 5.41) is 16.4. The first-order chi connectivity index (χ1) is 7.27. The largest absolute Gasteiger partial charge is 0.505 e. The van der Waals surface area contributed by atoms with E-state index in [1.165, 1.54) is 6.07 Å². The van der Waals surface area contributed by atoms with Crippen LogP contribution in [0.5, 0.6) is 5.75 Å². The Morgan fingerprint density at radius 3 is 2.93 bits per heavy atom. The van der Waals surface area contributed by atoms with Crippen LogP contribution in [0.1, 0.15) is 5.56 Å². The van der Waals surface area contributed by atoms with Gasteiger partial charge in [-0.3, -0.25) is 0 Å². The summed E-state index contributed by atoms with van der Waals surface area (Å²) in [6.07, 6.45) is 0. The minimum absolute atomic E-state index is 0.278. The molecule has 4 heteroatoms. The quantitative estimate of drug-likeness (QED) is 0.837. The molecule has 1 heterocycles. The van der Waals surface area contributed by atoms with E-state index in [1.807, 2.05) is 16.8 Å². The molecule has 0 aliphatic rings. The SMILES string of the molecule is Oc1c(F)cccc1CNc1ccsc1. The van der Waals surface area contributed by atoms with Gasteiger partial charge in [0.05, 0.1) is 0 Å². The molecule has 0 fully saturated rings. The molecule has 0 amide bonds. The van der Waals surface area contributed by atoms with Gasteiger partial charge in [-0.1, -0.05) is 12.1 Å². The third kappa shape index (κ3) is 2.27. The first-order valence-electron chi connectivity index (χ1n) is 4.50. The van der Waals surface area contributed by atoms with Crippen LogP contribution in [0, 0.1) is 5.82 Å². The molecule has 0 atom stereocenters. The van der Waals surface area contributed by atoms with Crippen molar-refractivity contribution < 1.29 is 9.50 Å². The molecule has 0 saturated heterocycles.